The highest BCUT2D eigenvalue weighted by Crippen LogP contribution is 1.85. The monoisotopic (exact) mass is 179 g/mol. The number of nitrogens with zero attached hydrogens (tertiary/aromatic N) is 1. The molecule has 0 radical (unpaired) electrons. The molecule has 1 amide bonds. The number of alkyl halides is 1. The molecule has 0 aliphatic carbocycles. The molecule has 4 nitrogen and oxygen atoms in total. The maximum atomic E-state index is 11.5. The fourth-order valence-electron chi connectivity index (χ4n) is 0.474. The van der Waals surface area contributed by atoms with Crippen LogP contribution in [0.4, 0.5) is 9.18 Å². The van der Waals surface area contributed by atoms with Gasteiger partial charge in [-0.15, -0.1) is 0 Å². The molecule has 0 N–H and O–H groups in total. The molecule has 0 aliphatic heterocycles. The predicted octanol–water partition coefficient (Wildman–Crippen LogP) is 0.671. The van der Waals surface area contributed by atoms with E-state index in [1.165, 1.54) is 4.90 Å². The summed E-state index contributed by atoms with van der Waals surface area (Å²) < 4.78 is 20.9. The molecular formula is C7H14FNO3. The minimum Gasteiger partial charge on any atom is -0.447 e. The predicted molar refractivity (Wildman–Crippen MR) is 41.8 cm³/mol. The Morgan fingerprint density at radius 3 is 2.50 bits per heavy atom. The standard InChI is InChI=1S/C7H14FNO3/c1-9(2)7(10)12-6-5-11-4-3-8/h3-6H2,1-2H3. The summed E-state index contributed by atoms with van der Waals surface area (Å²) in [4.78, 5) is 12.1. The normalized spacial score (nSPS) is 9.58. The van der Waals surface area contributed by atoms with E-state index in [9.17, 15) is 9.18 Å². The fraction of sp³-hybridized carbons (Fsp3) is 0.857. The van der Waals surface area contributed by atoms with Gasteiger partial charge in [-0.05, 0) is 0 Å². The lowest BCUT2D eigenvalue weighted by molar-refractivity contribution is 0.0566. The molecule has 0 heterocycles. The van der Waals surface area contributed by atoms with E-state index in [-0.39, 0.29) is 19.8 Å². The van der Waals surface area contributed by atoms with E-state index in [0.717, 1.165) is 0 Å². The molecule has 12 heavy (non-hydrogen) atoms. The lowest BCUT2D eigenvalue weighted by Gasteiger charge is -2.10. The van der Waals surface area contributed by atoms with Crippen LogP contribution in [-0.2, 0) is 9.47 Å². The summed E-state index contributed by atoms with van der Waals surface area (Å²) in [6, 6.07) is 0. The third-order valence-corrected chi connectivity index (χ3v) is 1.04. The zero-order valence-electron chi connectivity index (χ0n) is 7.38. The Kier molecular flexibility index (Phi) is 6.37. The average Bonchev–Trinajstić information content (AvgIpc) is 2.03. The maximum absolute atomic E-state index is 11.5. The molecular weight excluding hydrogens is 165 g/mol. The van der Waals surface area contributed by atoms with Crippen molar-refractivity contribution in [3.63, 3.8) is 0 Å². The molecule has 72 valence electrons. The summed E-state index contributed by atoms with van der Waals surface area (Å²) in [7, 11) is 3.18. The number of ether oxygens (including phenoxy) is 2. The minimum atomic E-state index is -0.512. The van der Waals surface area contributed by atoms with Crippen molar-refractivity contribution in [3.8, 4) is 0 Å². The Morgan fingerprint density at radius 2 is 2.00 bits per heavy atom. The summed E-state index contributed by atoms with van der Waals surface area (Å²) in [6.07, 6.45) is -0.418. The van der Waals surface area contributed by atoms with Gasteiger partial charge in [0.05, 0.1) is 13.2 Å². The Hall–Kier alpha value is -0.840. The second-order valence-corrected chi connectivity index (χ2v) is 2.31. The van der Waals surface area contributed by atoms with Crippen molar-refractivity contribution in [1.82, 2.24) is 4.90 Å². The molecule has 5 heteroatoms. The summed E-state index contributed by atoms with van der Waals surface area (Å²) in [5, 5.41) is 0. The van der Waals surface area contributed by atoms with Crippen LogP contribution in [0.3, 0.4) is 0 Å². The lowest BCUT2D eigenvalue weighted by atomic mass is 10.7. The maximum Gasteiger partial charge on any atom is 0.409 e. The highest BCUT2D eigenvalue weighted by atomic mass is 19.1. The molecule has 0 saturated carbocycles. The van der Waals surface area contributed by atoms with Crippen molar-refractivity contribution in [2.24, 2.45) is 0 Å². The van der Waals surface area contributed by atoms with Gasteiger partial charge in [-0.2, -0.15) is 0 Å². The SMILES string of the molecule is CN(C)C(=O)OCCOCCF. The van der Waals surface area contributed by atoms with Gasteiger partial charge in [-0.25, -0.2) is 9.18 Å². The second kappa shape index (κ2) is 6.84. The quantitative estimate of drug-likeness (QED) is 0.582. The van der Waals surface area contributed by atoms with Crippen LogP contribution in [0.2, 0.25) is 0 Å². The van der Waals surface area contributed by atoms with E-state index >= 15 is 0 Å². The van der Waals surface area contributed by atoms with Crippen LogP contribution < -0.4 is 0 Å². The van der Waals surface area contributed by atoms with Crippen molar-refractivity contribution in [2.45, 2.75) is 0 Å². The Labute approximate surface area is 71.2 Å². The van der Waals surface area contributed by atoms with Gasteiger partial charge in [-0.3, -0.25) is 0 Å². The third kappa shape index (κ3) is 5.91. The van der Waals surface area contributed by atoms with E-state index < -0.39 is 12.8 Å². The number of halogens is 1. The summed E-state index contributed by atoms with van der Waals surface area (Å²) >= 11 is 0. The van der Waals surface area contributed by atoms with E-state index in [2.05, 4.69) is 4.74 Å². The van der Waals surface area contributed by atoms with Gasteiger partial charge in [0.2, 0.25) is 0 Å². The van der Waals surface area contributed by atoms with Crippen LogP contribution >= 0.6 is 0 Å². The van der Waals surface area contributed by atoms with Crippen molar-refractivity contribution < 1.29 is 18.7 Å². The molecule has 0 aromatic heterocycles. The van der Waals surface area contributed by atoms with Crippen LogP contribution in [0, 0.1) is 0 Å². The van der Waals surface area contributed by atoms with Crippen LogP contribution in [0.25, 0.3) is 0 Å². The molecule has 0 aliphatic rings. The Balaban J connectivity index is 3.14. The summed E-state index contributed by atoms with van der Waals surface area (Å²) in [5.74, 6) is 0. The first-order valence-corrected chi connectivity index (χ1v) is 3.66. The van der Waals surface area contributed by atoms with Crippen LogP contribution in [0.5, 0.6) is 0 Å². The van der Waals surface area contributed by atoms with Crippen LogP contribution in [0.15, 0.2) is 0 Å². The molecule has 0 unspecified atom stereocenters. The number of hydrogen-bond donors (Lipinski definition) is 0. The van der Waals surface area contributed by atoms with Crippen LogP contribution in [0.1, 0.15) is 0 Å². The zero-order chi connectivity index (χ0) is 9.40. The smallest absolute Gasteiger partial charge is 0.409 e. The van der Waals surface area contributed by atoms with Gasteiger partial charge in [0, 0.05) is 14.1 Å². The number of amides is 1. The van der Waals surface area contributed by atoms with Crippen LogP contribution in [-0.4, -0.2) is 51.6 Å². The topological polar surface area (TPSA) is 38.8 Å². The molecule has 0 aromatic carbocycles. The molecule has 0 atom stereocenters. The number of carbonyl (C=O) groups is 1. The van der Waals surface area contributed by atoms with Gasteiger partial charge in [-0.1, -0.05) is 0 Å². The Morgan fingerprint density at radius 1 is 1.33 bits per heavy atom. The molecule has 0 bridgehead atoms. The van der Waals surface area contributed by atoms with E-state index in [1.807, 2.05) is 0 Å². The highest BCUT2D eigenvalue weighted by molar-refractivity contribution is 5.66. The van der Waals surface area contributed by atoms with Gasteiger partial charge in [0.1, 0.15) is 13.3 Å². The van der Waals surface area contributed by atoms with Gasteiger partial charge in [0.25, 0.3) is 0 Å². The van der Waals surface area contributed by atoms with Gasteiger partial charge < -0.3 is 14.4 Å². The van der Waals surface area contributed by atoms with E-state index in [4.69, 9.17) is 4.74 Å². The average molecular weight is 179 g/mol. The first-order chi connectivity index (χ1) is 5.68. The molecule has 0 rings (SSSR count). The minimum absolute atomic E-state index is 0.0551. The number of rotatable bonds is 5. The van der Waals surface area contributed by atoms with E-state index in [1.54, 1.807) is 14.1 Å². The first-order valence-electron chi connectivity index (χ1n) is 3.66. The van der Waals surface area contributed by atoms with Gasteiger partial charge in [0.15, 0.2) is 0 Å². The molecule has 0 spiro atoms. The van der Waals surface area contributed by atoms with Crippen molar-refractivity contribution in [2.75, 3.05) is 40.6 Å². The van der Waals surface area contributed by atoms with Crippen molar-refractivity contribution >= 4 is 6.09 Å². The van der Waals surface area contributed by atoms with Crippen molar-refractivity contribution in [1.29, 1.82) is 0 Å². The molecule has 0 saturated heterocycles. The second-order valence-electron chi connectivity index (χ2n) is 2.31. The fourth-order valence-corrected chi connectivity index (χ4v) is 0.474. The summed E-state index contributed by atoms with van der Waals surface area (Å²) in [5.41, 5.74) is 0. The zero-order valence-corrected chi connectivity index (χ0v) is 7.38. The number of carbonyl (C=O) groups excluding carboxylic acids is 1. The molecule has 0 fully saturated rings. The third-order valence-electron chi connectivity index (χ3n) is 1.04. The first kappa shape index (κ1) is 11.2. The van der Waals surface area contributed by atoms with Crippen molar-refractivity contribution in [3.05, 3.63) is 0 Å². The van der Waals surface area contributed by atoms with Gasteiger partial charge >= 0.3 is 6.09 Å². The van der Waals surface area contributed by atoms with E-state index in [0.29, 0.717) is 0 Å². The molecule has 0 aromatic rings. The summed E-state index contributed by atoms with van der Waals surface area (Å²) in [6.45, 7) is -0.0539. The Bertz CT molecular complexity index is 130. The largest absolute Gasteiger partial charge is 0.447 e. The number of hydrogen-bond acceptors (Lipinski definition) is 3. The highest BCUT2D eigenvalue weighted by Gasteiger charge is 2.02. The lowest BCUT2D eigenvalue weighted by Crippen LogP contribution is -2.24.